The van der Waals surface area contributed by atoms with Gasteiger partial charge in [0, 0.05) is 36.2 Å². The fourth-order valence-electron chi connectivity index (χ4n) is 5.13. The minimum absolute atomic E-state index is 0.0530. The molecular formula is C27H27F7N4O5S. The smallest absolute Gasteiger partial charge is 0.416 e. The van der Waals surface area contributed by atoms with E-state index >= 15 is 4.39 Å². The van der Waals surface area contributed by atoms with Crippen molar-refractivity contribution >= 4 is 27.4 Å². The number of carbonyl (C=O) groups excluding carboxylic acids is 2. The number of carbonyl (C=O) groups is 2. The predicted molar refractivity (Wildman–Crippen MR) is 140 cm³/mol. The molecule has 2 aromatic rings. The summed E-state index contributed by atoms with van der Waals surface area (Å²) in [6.07, 6.45) is -8.29. The molecule has 1 aliphatic heterocycles. The van der Waals surface area contributed by atoms with E-state index in [9.17, 15) is 44.3 Å². The molecule has 3 aliphatic rings. The number of halogens is 7. The zero-order valence-corrected chi connectivity index (χ0v) is 23.7. The zero-order chi connectivity index (χ0) is 32.1. The van der Waals surface area contributed by atoms with Crippen molar-refractivity contribution in [1.82, 2.24) is 19.8 Å². The highest BCUT2D eigenvalue weighted by Crippen LogP contribution is 2.49. The molecule has 0 saturated heterocycles. The number of alkyl halides is 6. The Morgan fingerprint density at radius 3 is 2.39 bits per heavy atom. The molecule has 2 heterocycles. The van der Waals surface area contributed by atoms with Crippen LogP contribution in [0, 0.1) is 5.82 Å². The number of nitrogens with one attached hydrogen (secondary N) is 2. The van der Waals surface area contributed by atoms with Gasteiger partial charge in [0.25, 0.3) is 11.8 Å². The second-order valence-corrected chi connectivity index (χ2v) is 13.0. The van der Waals surface area contributed by atoms with Crippen LogP contribution in [0.25, 0.3) is 5.57 Å². The SMILES string of the molecule is O=C1N[C@@](c2ccc(OCCCC(F)(F)F)cc2F)(C(F)(F)F)CC(c2ccn(C3CCC3)n2)=C1C(=O)NS(=O)(=O)C1CC1. The molecule has 1 aromatic heterocycles. The van der Waals surface area contributed by atoms with E-state index in [1.807, 2.05) is 0 Å². The second kappa shape index (κ2) is 11.4. The largest absolute Gasteiger partial charge is 0.493 e. The maximum Gasteiger partial charge on any atom is 0.416 e. The van der Waals surface area contributed by atoms with Gasteiger partial charge >= 0.3 is 12.4 Å². The van der Waals surface area contributed by atoms with Crippen LogP contribution < -0.4 is 14.8 Å². The zero-order valence-electron chi connectivity index (χ0n) is 22.9. The fourth-order valence-corrected chi connectivity index (χ4v) is 6.41. The summed E-state index contributed by atoms with van der Waals surface area (Å²) >= 11 is 0. The second-order valence-electron chi connectivity index (χ2n) is 11.0. The number of ether oxygens (including phenoxy) is 1. The predicted octanol–water partition coefficient (Wildman–Crippen LogP) is 4.81. The molecule has 2 N–H and O–H groups in total. The van der Waals surface area contributed by atoms with Gasteiger partial charge in [-0.1, -0.05) is 0 Å². The first kappa shape index (κ1) is 31.8. The van der Waals surface area contributed by atoms with Crippen molar-refractivity contribution in [2.24, 2.45) is 0 Å². The van der Waals surface area contributed by atoms with E-state index in [-0.39, 0.29) is 30.3 Å². The summed E-state index contributed by atoms with van der Waals surface area (Å²) in [5.41, 5.74) is -6.13. The highest BCUT2D eigenvalue weighted by Gasteiger charge is 2.61. The Morgan fingerprint density at radius 1 is 1.11 bits per heavy atom. The molecule has 0 bridgehead atoms. The number of aromatic nitrogens is 2. The summed E-state index contributed by atoms with van der Waals surface area (Å²) in [7, 11) is -4.20. The van der Waals surface area contributed by atoms with Crippen LogP contribution in [-0.4, -0.2) is 54.2 Å². The van der Waals surface area contributed by atoms with Crippen LogP contribution in [0.4, 0.5) is 30.7 Å². The van der Waals surface area contributed by atoms with Gasteiger partial charge in [-0.15, -0.1) is 0 Å². The molecule has 0 unspecified atom stereocenters. The lowest BCUT2D eigenvalue weighted by molar-refractivity contribution is -0.202. The van der Waals surface area contributed by atoms with Crippen molar-refractivity contribution in [2.75, 3.05) is 6.61 Å². The van der Waals surface area contributed by atoms with Gasteiger partial charge in [0.2, 0.25) is 10.0 Å². The maximum absolute atomic E-state index is 15.4. The molecule has 0 radical (unpaired) electrons. The van der Waals surface area contributed by atoms with Gasteiger partial charge in [-0.25, -0.2) is 17.5 Å². The third kappa shape index (κ3) is 6.42. The molecule has 2 fully saturated rings. The lowest BCUT2D eigenvalue weighted by Crippen LogP contribution is -2.60. The van der Waals surface area contributed by atoms with Crippen molar-refractivity contribution in [3.05, 3.63) is 53.1 Å². The van der Waals surface area contributed by atoms with Crippen LogP contribution in [0.1, 0.15) is 68.7 Å². The molecule has 0 spiro atoms. The summed E-state index contributed by atoms with van der Waals surface area (Å²) in [5.74, 6) is -4.87. The van der Waals surface area contributed by atoms with E-state index in [2.05, 4.69) is 5.10 Å². The number of hydrogen-bond donors (Lipinski definition) is 2. The number of nitrogens with zero attached hydrogens (tertiary/aromatic N) is 2. The normalized spacial score (nSPS) is 21.6. The van der Waals surface area contributed by atoms with Gasteiger partial charge in [-0.2, -0.15) is 31.4 Å². The van der Waals surface area contributed by atoms with E-state index < -0.39 is 93.4 Å². The van der Waals surface area contributed by atoms with Crippen molar-refractivity contribution in [3.8, 4) is 5.75 Å². The first-order valence-corrected chi connectivity index (χ1v) is 15.3. The van der Waals surface area contributed by atoms with Gasteiger partial charge in [0.1, 0.15) is 17.1 Å². The number of benzene rings is 1. The summed E-state index contributed by atoms with van der Waals surface area (Å²) in [6.45, 7) is -0.488. The van der Waals surface area contributed by atoms with Crippen LogP contribution in [0.3, 0.4) is 0 Å². The van der Waals surface area contributed by atoms with E-state index in [1.165, 1.54) is 16.9 Å². The van der Waals surface area contributed by atoms with Gasteiger partial charge in [0.15, 0.2) is 5.54 Å². The highest BCUT2D eigenvalue weighted by atomic mass is 32.2. The van der Waals surface area contributed by atoms with Crippen molar-refractivity contribution in [2.45, 2.75) is 80.5 Å². The molecule has 2 saturated carbocycles. The molecule has 2 amide bonds. The Bertz CT molecular complexity index is 1590. The van der Waals surface area contributed by atoms with Crippen molar-refractivity contribution in [3.63, 3.8) is 0 Å². The summed E-state index contributed by atoms with van der Waals surface area (Å²) in [5, 5.41) is 5.13. The molecule has 44 heavy (non-hydrogen) atoms. The van der Waals surface area contributed by atoms with Crippen LogP contribution in [0.2, 0.25) is 0 Å². The molecule has 240 valence electrons. The van der Waals surface area contributed by atoms with E-state index in [4.69, 9.17) is 4.74 Å². The lowest BCUT2D eigenvalue weighted by atomic mass is 9.77. The summed E-state index contributed by atoms with van der Waals surface area (Å²) in [4.78, 5) is 26.5. The Labute approximate surface area is 246 Å². The van der Waals surface area contributed by atoms with Gasteiger partial charge in [-0.05, 0) is 56.7 Å². The molecule has 2 aliphatic carbocycles. The van der Waals surface area contributed by atoms with Crippen LogP contribution in [-0.2, 0) is 25.2 Å². The Balaban J connectivity index is 1.53. The monoisotopic (exact) mass is 652 g/mol. The Morgan fingerprint density at radius 2 is 1.82 bits per heavy atom. The lowest BCUT2D eigenvalue weighted by Gasteiger charge is -2.41. The van der Waals surface area contributed by atoms with Crippen LogP contribution >= 0.6 is 0 Å². The number of sulfonamides is 1. The Hall–Kier alpha value is -3.63. The molecule has 9 nitrogen and oxygen atoms in total. The summed E-state index contributed by atoms with van der Waals surface area (Å²) < 4.78 is 131. The standard InChI is InChI=1S/C27H27F7N4O5S/c28-20-13-16(43-12-2-10-26(29,30)31)5-8-19(20)25(27(32,33)34)14-18(21-9-11-38(36-21)15-3-1-4-15)22(23(39)35-25)24(40)37-44(41,42)17-6-7-17/h5,8-9,11,13,15,17H,1-4,6-7,10,12,14H2,(H,35,39)(H,37,40)/t25-/m0/s1. The molecule has 5 rings (SSSR count). The molecule has 17 heteroatoms. The van der Waals surface area contributed by atoms with E-state index in [0.717, 1.165) is 25.3 Å². The third-order valence-electron chi connectivity index (χ3n) is 7.85. The maximum atomic E-state index is 15.4. The van der Waals surface area contributed by atoms with Gasteiger partial charge < -0.3 is 10.1 Å². The van der Waals surface area contributed by atoms with Crippen LogP contribution in [0.5, 0.6) is 5.75 Å². The minimum atomic E-state index is -5.36. The van der Waals surface area contributed by atoms with Crippen molar-refractivity contribution < 1.29 is 53.5 Å². The topological polar surface area (TPSA) is 119 Å². The molecule has 1 aromatic carbocycles. The van der Waals surface area contributed by atoms with E-state index in [0.29, 0.717) is 12.1 Å². The number of amides is 2. The highest BCUT2D eigenvalue weighted by molar-refractivity contribution is 7.91. The number of rotatable bonds is 10. The van der Waals surface area contributed by atoms with Gasteiger partial charge in [0.05, 0.1) is 23.6 Å². The van der Waals surface area contributed by atoms with Crippen molar-refractivity contribution in [1.29, 1.82) is 0 Å². The first-order valence-electron chi connectivity index (χ1n) is 13.7. The van der Waals surface area contributed by atoms with E-state index in [1.54, 1.807) is 10.0 Å². The number of hydrogen-bond acceptors (Lipinski definition) is 6. The third-order valence-corrected chi connectivity index (χ3v) is 9.67. The quantitative estimate of drug-likeness (QED) is 0.216. The Kier molecular flexibility index (Phi) is 8.22. The summed E-state index contributed by atoms with van der Waals surface area (Å²) in [6, 6.07) is 3.41. The average Bonchev–Trinajstić information content (AvgIpc) is 3.64. The molecular weight excluding hydrogens is 625 g/mol. The van der Waals surface area contributed by atoms with Gasteiger partial charge in [-0.3, -0.25) is 14.3 Å². The average molecular weight is 653 g/mol. The minimum Gasteiger partial charge on any atom is -0.493 e. The molecule has 1 atom stereocenters. The van der Waals surface area contributed by atoms with Crippen LogP contribution in [0.15, 0.2) is 36.0 Å². The fraction of sp³-hybridized carbons (Fsp3) is 0.519. The first-order chi connectivity index (χ1) is 20.5.